The zero-order valence-electron chi connectivity index (χ0n) is 21.3. The van der Waals surface area contributed by atoms with E-state index in [2.05, 4.69) is 53.5 Å². The van der Waals surface area contributed by atoms with Gasteiger partial charge >= 0.3 is 0 Å². The maximum absolute atomic E-state index is 12.4. The number of hydrogen-bond acceptors (Lipinski definition) is 5. The minimum Gasteiger partial charge on any atom is -0.361 e. The summed E-state index contributed by atoms with van der Waals surface area (Å²) in [7, 11) is 0. The Labute approximate surface area is 210 Å². The smallest absolute Gasteiger partial charge is 0.137 e. The van der Waals surface area contributed by atoms with Crippen molar-refractivity contribution in [2.45, 2.75) is 96.9 Å². The van der Waals surface area contributed by atoms with Crippen molar-refractivity contribution in [2.24, 2.45) is 10.9 Å². The minimum atomic E-state index is 0.116. The quantitative estimate of drug-likeness (QED) is 0.248. The molecule has 0 fully saturated rings. The number of dihydropyridines is 1. The molecule has 0 radical (unpaired) electrons. The van der Waals surface area contributed by atoms with Gasteiger partial charge < -0.3 is 4.52 Å². The molecule has 0 bridgehead atoms. The van der Waals surface area contributed by atoms with Crippen molar-refractivity contribution in [2.75, 3.05) is 0 Å². The molecule has 1 aliphatic heterocycles. The molecule has 0 saturated heterocycles. The van der Waals surface area contributed by atoms with E-state index in [-0.39, 0.29) is 5.92 Å². The number of nitrogens with zero attached hydrogens (tertiary/aromatic N) is 3. The highest BCUT2D eigenvalue weighted by molar-refractivity contribution is 6.10. The number of ketones is 1. The second-order valence-corrected chi connectivity index (χ2v) is 9.70. The molecule has 2 aromatic rings. The van der Waals surface area contributed by atoms with Crippen LogP contribution in [0.4, 0.5) is 0 Å². The molecule has 2 heterocycles. The molecule has 1 aromatic heterocycles. The Kier molecular flexibility index (Phi) is 11.0. The Morgan fingerprint density at radius 1 is 1.14 bits per heavy atom. The van der Waals surface area contributed by atoms with Gasteiger partial charge in [-0.1, -0.05) is 68.6 Å². The van der Waals surface area contributed by atoms with Gasteiger partial charge in [0.1, 0.15) is 17.2 Å². The highest BCUT2D eigenvalue weighted by Crippen LogP contribution is 2.25. The van der Waals surface area contributed by atoms with Crippen molar-refractivity contribution in [3.8, 4) is 17.3 Å². The van der Waals surface area contributed by atoms with Gasteiger partial charge in [0, 0.05) is 43.0 Å². The molecule has 0 aliphatic carbocycles. The summed E-state index contributed by atoms with van der Waals surface area (Å²) in [5, 5.41) is 12.8. The van der Waals surface area contributed by atoms with Crippen LogP contribution in [0, 0.1) is 17.2 Å². The van der Waals surface area contributed by atoms with Crippen molar-refractivity contribution < 1.29 is 9.32 Å². The molecule has 1 aromatic carbocycles. The van der Waals surface area contributed by atoms with E-state index < -0.39 is 0 Å². The van der Waals surface area contributed by atoms with Crippen LogP contribution < -0.4 is 0 Å². The minimum absolute atomic E-state index is 0.116. The van der Waals surface area contributed by atoms with Gasteiger partial charge in [0.05, 0.1) is 12.1 Å². The number of allylic oxidation sites excluding steroid dienone is 1. The summed E-state index contributed by atoms with van der Waals surface area (Å²) in [6, 6.07) is 13.0. The van der Waals surface area contributed by atoms with E-state index in [1.54, 1.807) is 0 Å². The molecule has 0 amide bonds. The van der Waals surface area contributed by atoms with Crippen molar-refractivity contribution in [1.29, 1.82) is 5.26 Å². The summed E-state index contributed by atoms with van der Waals surface area (Å²) in [6.07, 6.45) is 15.4. The van der Waals surface area contributed by atoms with E-state index in [4.69, 9.17) is 9.78 Å². The van der Waals surface area contributed by atoms with Crippen molar-refractivity contribution in [3.63, 3.8) is 0 Å². The van der Waals surface area contributed by atoms with E-state index in [1.165, 1.54) is 17.6 Å². The lowest BCUT2D eigenvalue weighted by molar-refractivity contribution is -0.122. The Morgan fingerprint density at radius 2 is 1.94 bits per heavy atom. The topological polar surface area (TPSA) is 79.2 Å². The lowest BCUT2D eigenvalue weighted by atomic mass is 9.95. The highest BCUT2D eigenvalue weighted by Gasteiger charge is 2.14. The van der Waals surface area contributed by atoms with Crippen LogP contribution in [0.1, 0.15) is 95.8 Å². The molecule has 2 atom stereocenters. The summed E-state index contributed by atoms with van der Waals surface area (Å²) in [5.41, 5.74) is 4.26. The Morgan fingerprint density at radius 3 is 2.66 bits per heavy atom. The molecular formula is C30H39N3O2. The van der Waals surface area contributed by atoms with Gasteiger partial charge in [-0.05, 0) is 49.7 Å². The molecule has 0 N–H and O–H groups in total. The first-order valence-corrected chi connectivity index (χ1v) is 13.3. The van der Waals surface area contributed by atoms with Crippen molar-refractivity contribution in [3.05, 3.63) is 47.7 Å². The van der Waals surface area contributed by atoms with Crippen LogP contribution in [0.2, 0.25) is 0 Å². The van der Waals surface area contributed by atoms with Crippen LogP contribution in [0.15, 0.2) is 45.9 Å². The summed E-state index contributed by atoms with van der Waals surface area (Å²) >= 11 is 0. The highest BCUT2D eigenvalue weighted by atomic mass is 16.5. The third-order valence-corrected chi connectivity index (χ3v) is 6.80. The predicted molar refractivity (Wildman–Crippen MR) is 142 cm³/mol. The molecule has 3 rings (SSSR count). The molecule has 186 valence electrons. The zero-order valence-corrected chi connectivity index (χ0v) is 21.3. The van der Waals surface area contributed by atoms with Gasteiger partial charge in [0.25, 0.3) is 0 Å². The summed E-state index contributed by atoms with van der Waals surface area (Å²) in [4.78, 5) is 17.0. The number of carbonyl (C=O) groups is 1. The molecule has 5 heteroatoms. The standard InChI is InChI=1S/C30H39N3O2/c1-3-10-27-19-18-26(22-32-27)24-14-16-25(17-15-24)29-21-28(35-33-29)12-7-8-13-30(34)23(2)11-6-4-5-9-20-31/h14-18,21-23,27H,3-13,19H2,1-2H3/t23-,27?/m0/s1. The average molecular weight is 474 g/mol. The second kappa shape index (κ2) is 14.4. The van der Waals surface area contributed by atoms with E-state index in [0.717, 1.165) is 74.8 Å². The number of aromatic nitrogens is 1. The van der Waals surface area contributed by atoms with Crippen LogP contribution in [0.3, 0.4) is 0 Å². The normalized spacial score (nSPS) is 16.0. The first-order chi connectivity index (χ1) is 17.1. The van der Waals surface area contributed by atoms with Crippen molar-refractivity contribution >= 4 is 17.6 Å². The number of aliphatic imine (C=N–C) groups is 1. The van der Waals surface area contributed by atoms with Gasteiger partial charge in [-0.15, -0.1) is 0 Å². The molecule has 5 nitrogen and oxygen atoms in total. The lowest BCUT2D eigenvalue weighted by Gasteiger charge is -2.15. The van der Waals surface area contributed by atoms with Gasteiger partial charge in [-0.2, -0.15) is 5.26 Å². The third-order valence-electron chi connectivity index (χ3n) is 6.80. The molecular weight excluding hydrogens is 434 g/mol. The van der Waals surface area contributed by atoms with Gasteiger partial charge in [-0.3, -0.25) is 9.79 Å². The maximum atomic E-state index is 12.4. The van der Waals surface area contributed by atoms with Gasteiger partial charge in [0.2, 0.25) is 0 Å². The third kappa shape index (κ3) is 8.62. The van der Waals surface area contributed by atoms with Crippen LogP contribution in [0.25, 0.3) is 16.8 Å². The average Bonchev–Trinajstić information content (AvgIpc) is 3.36. The first-order valence-electron chi connectivity index (χ1n) is 13.3. The van der Waals surface area contributed by atoms with Crippen LogP contribution >= 0.6 is 0 Å². The number of benzene rings is 1. The number of unbranched alkanes of at least 4 members (excludes halogenated alkanes) is 4. The number of carbonyl (C=O) groups excluding carboxylic acids is 1. The number of nitriles is 1. The fraction of sp³-hybridized carbons (Fsp3) is 0.533. The summed E-state index contributed by atoms with van der Waals surface area (Å²) in [6.45, 7) is 4.23. The first kappa shape index (κ1) is 26.6. The fourth-order valence-corrected chi connectivity index (χ4v) is 4.52. The Bertz CT molecular complexity index is 1030. The number of aryl methyl sites for hydroxylation is 1. The monoisotopic (exact) mass is 473 g/mol. The lowest BCUT2D eigenvalue weighted by Crippen LogP contribution is -2.10. The Hall–Kier alpha value is -3.00. The van der Waals surface area contributed by atoms with Gasteiger partial charge in [-0.25, -0.2) is 0 Å². The summed E-state index contributed by atoms with van der Waals surface area (Å²) in [5.74, 6) is 1.33. The molecule has 0 saturated carbocycles. The fourth-order valence-electron chi connectivity index (χ4n) is 4.52. The zero-order chi connectivity index (χ0) is 24.9. The van der Waals surface area contributed by atoms with E-state index in [9.17, 15) is 4.79 Å². The number of Topliss-reactive ketones (excluding diaryl/α,β-unsaturated/α-hetero) is 1. The maximum Gasteiger partial charge on any atom is 0.137 e. The molecule has 1 unspecified atom stereocenters. The van der Waals surface area contributed by atoms with Gasteiger partial charge in [0.15, 0.2) is 0 Å². The largest absolute Gasteiger partial charge is 0.361 e. The van der Waals surface area contributed by atoms with E-state index in [1.807, 2.05) is 19.2 Å². The summed E-state index contributed by atoms with van der Waals surface area (Å²) < 4.78 is 5.55. The van der Waals surface area contributed by atoms with Crippen LogP contribution in [0.5, 0.6) is 0 Å². The van der Waals surface area contributed by atoms with E-state index >= 15 is 0 Å². The SMILES string of the molecule is CCCC1CC=C(c2ccc(-c3cc(CCCCC(=O)[C@@H](C)CCCCCC#N)on3)cc2)C=N1. The van der Waals surface area contributed by atoms with E-state index in [0.29, 0.717) is 24.7 Å². The molecule has 1 aliphatic rings. The Balaban J connectivity index is 1.39. The molecule has 0 spiro atoms. The number of hydrogen-bond donors (Lipinski definition) is 0. The van der Waals surface area contributed by atoms with Crippen LogP contribution in [-0.4, -0.2) is 23.2 Å². The predicted octanol–water partition coefficient (Wildman–Crippen LogP) is 7.76. The van der Waals surface area contributed by atoms with Crippen LogP contribution in [-0.2, 0) is 11.2 Å². The molecule has 35 heavy (non-hydrogen) atoms. The van der Waals surface area contributed by atoms with Crippen molar-refractivity contribution in [1.82, 2.24) is 5.16 Å². The number of rotatable bonds is 15. The second-order valence-electron chi connectivity index (χ2n) is 9.70.